The van der Waals surface area contributed by atoms with E-state index >= 15 is 0 Å². The van der Waals surface area contributed by atoms with Gasteiger partial charge >= 0.3 is 0 Å². The van der Waals surface area contributed by atoms with Crippen LogP contribution in [0.4, 0.5) is 0 Å². The average molecular weight is 360 g/mol. The zero-order valence-corrected chi connectivity index (χ0v) is 14.8. The second-order valence-electron chi connectivity index (χ2n) is 6.29. The molecular formula is C18H20N2O4S. The van der Waals surface area contributed by atoms with Gasteiger partial charge in [0.05, 0.1) is 17.4 Å². The number of aliphatic hydroxyl groups is 1. The lowest BCUT2D eigenvalue weighted by Crippen LogP contribution is -2.43. The number of aliphatic hydroxyl groups excluding tert-OH is 1. The van der Waals surface area contributed by atoms with E-state index in [1.165, 1.54) is 11.6 Å². The predicted octanol–water partition coefficient (Wildman–Crippen LogP) is 0.919. The summed E-state index contributed by atoms with van der Waals surface area (Å²) in [5.41, 5.74) is 4.09. The van der Waals surface area contributed by atoms with Crippen molar-refractivity contribution in [1.29, 1.82) is 0 Å². The molecule has 0 saturated heterocycles. The van der Waals surface area contributed by atoms with Crippen LogP contribution in [-0.4, -0.2) is 37.5 Å². The smallest absolute Gasteiger partial charge is 0.252 e. The highest BCUT2D eigenvalue weighted by molar-refractivity contribution is 7.94. The van der Waals surface area contributed by atoms with Crippen molar-refractivity contribution in [2.45, 2.75) is 26.1 Å². The number of nitrogens with one attached hydrogen (secondary N) is 2. The Labute approximate surface area is 146 Å². The molecule has 3 rings (SSSR count). The quantitative estimate of drug-likeness (QED) is 0.745. The van der Waals surface area contributed by atoms with Crippen LogP contribution in [-0.2, 0) is 14.6 Å². The van der Waals surface area contributed by atoms with E-state index in [-0.39, 0.29) is 11.3 Å². The van der Waals surface area contributed by atoms with Crippen LogP contribution >= 0.6 is 0 Å². The minimum Gasteiger partial charge on any atom is -0.369 e. The molecular weight excluding hydrogens is 340 g/mol. The number of dihydropyridines is 1. The summed E-state index contributed by atoms with van der Waals surface area (Å²) >= 11 is 0. The van der Waals surface area contributed by atoms with E-state index in [4.69, 9.17) is 0 Å². The standard InChI is InChI=1S/C18H20N2O4S/c1-11-3-4-13(9-12(11)2)16-6-5-15(18(22)20-16)17(21)19-14-7-8-25(23,24)10-14/h3-9,14,18,20,22H,10H2,1-2H3,(H,19,21)/t14-,18?/m0/s1. The van der Waals surface area contributed by atoms with E-state index < -0.39 is 28.0 Å². The maximum absolute atomic E-state index is 12.3. The van der Waals surface area contributed by atoms with Gasteiger partial charge in [-0.3, -0.25) is 4.79 Å². The second-order valence-corrected chi connectivity index (χ2v) is 8.22. The van der Waals surface area contributed by atoms with E-state index in [9.17, 15) is 18.3 Å². The fourth-order valence-electron chi connectivity index (χ4n) is 2.74. The summed E-state index contributed by atoms with van der Waals surface area (Å²) in [6.45, 7) is 4.03. The van der Waals surface area contributed by atoms with Crippen molar-refractivity contribution in [3.63, 3.8) is 0 Å². The topological polar surface area (TPSA) is 95.5 Å². The average Bonchev–Trinajstić information content (AvgIpc) is 2.88. The molecule has 0 spiro atoms. The third-order valence-electron chi connectivity index (χ3n) is 4.34. The molecule has 132 valence electrons. The van der Waals surface area contributed by atoms with Gasteiger partial charge in [0.2, 0.25) is 0 Å². The molecule has 2 aliphatic rings. The number of carbonyl (C=O) groups is 1. The first-order valence-electron chi connectivity index (χ1n) is 7.91. The van der Waals surface area contributed by atoms with Crippen LogP contribution in [0.3, 0.4) is 0 Å². The van der Waals surface area contributed by atoms with Crippen LogP contribution in [0.15, 0.2) is 47.4 Å². The van der Waals surface area contributed by atoms with Gasteiger partial charge in [0, 0.05) is 11.1 Å². The van der Waals surface area contributed by atoms with Gasteiger partial charge in [-0.25, -0.2) is 8.42 Å². The van der Waals surface area contributed by atoms with Gasteiger partial charge in [-0.1, -0.05) is 12.1 Å². The zero-order chi connectivity index (χ0) is 18.2. The summed E-state index contributed by atoms with van der Waals surface area (Å²) in [7, 11) is -3.24. The molecule has 1 aromatic rings. The number of aryl methyl sites for hydroxylation is 2. The number of rotatable bonds is 3. The maximum atomic E-state index is 12.3. The molecule has 1 aromatic carbocycles. The lowest BCUT2D eigenvalue weighted by Gasteiger charge is -2.24. The molecule has 25 heavy (non-hydrogen) atoms. The van der Waals surface area contributed by atoms with Gasteiger partial charge in [0.1, 0.15) is 0 Å². The largest absolute Gasteiger partial charge is 0.369 e. The van der Waals surface area contributed by atoms with Gasteiger partial charge in [-0.15, -0.1) is 0 Å². The predicted molar refractivity (Wildman–Crippen MR) is 96.0 cm³/mol. The highest BCUT2D eigenvalue weighted by atomic mass is 32.2. The summed E-state index contributed by atoms with van der Waals surface area (Å²) in [6.07, 6.45) is 3.55. The summed E-state index contributed by atoms with van der Waals surface area (Å²) < 4.78 is 22.8. The fraction of sp³-hybridized carbons (Fsp3) is 0.278. The molecule has 1 amide bonds. The molecule has 1 unspecified atom stereocenters. The Morgan fingerprint density at radius 2 is 2.00 bits per heavy atom. The van der Waals surface area contributed by atoms with Crippen LogP contribution in [0, 0.1) is 13.8 Å². The van der Waals surface area contributed by atoms with Crippen LogP contribution in [0.25, 0.3) is 5.70 Å². The van der Waals surface area contributed by atoms with Crippen molar-refractivity contribution in [3.05, 3.63) is 64.1 Å². The Kier molecular flexibility index (Phi) is 4.53. The highest BCUT2D eigenvalue weighted by Crippen LogP contribution is 2.21. The molecule has 3 N–H and O–H groups in total. The number of benzene rings is 1. The molecule has 0 bridgehead atoms. The van der Waals surface area contributed by atoms with E-state index in [0.717, 1.165) is 22.2 Å². The zero-order valence-electron chi connectivity index (χ0n) is 14.0. The van der Waals surface area contributed by atoms with E-state index in [2.05, 4.69) is 10.6 Å². The summed E-state index contributed by atoms with van der Waals surface area (Å²) in [4.78, 5) is 12.3. The van der Waals surface area contributed by atoms with Gasteiger partial charge < -0.3 is 15.7 Å². The Morgan fingerprint density at radius 3 is 2.60 bits per heavy atom. The molecule has 6 nitrogen and oxygen atoms in total. The first kappa shape index (κ1) is 17.4. The lowest BCUT2D eigenvalue weighted by atomic mass is 10.0. The molecule has 0 aromatic heterocycles. The minimum atomic E-state index is -3.24. The van der Waals surface area contributed by atoms with Gasteiger partial charge in [0.15, 0.2) is 16.1 Å². The highest BCUT2D eigenvalue weighted by Gasteiger charge is 2.27. The SMILES string of the molecule is Cc1ccc(C2=CC=C(C(=O)N[C@H]3C=CS(=O)(=O)C3)C(O)N2)cc1C. The van der Waals surface area contributed by atoms with Gasteiger partial charge in [-0.05, 0) is 54.8 Å². The Bertz CT molecular complexity index is 913. The number of allylic oxidation sites excluding steroid dienone is 2. The lowest BCUT2D eigenvalue weighted by molar-refractivity contribution is -0.118. The molecule has 0 aliphatic carbocycles. The van der Waals surface area contributed by atoms with Crippen molar-refractivity contribution in [2.75, 3.05) is 5.75 Å². The monoisotopic (exact) mass is 360 g/mol. The van der Waals surface area contributed by atoms with Crippen molar-refractivity contribution in [1.82, 2.24) is 10.6 Å². The number of hydrogen-bond acceptors (Lipinski definition) is 5. The Balaban J connectivity index is 1.76. The third-order valence-corrected chi connectivity index (χ3v) is 5.74. The van der Waals surface area contributed by atoms with Crippen LogP contribution < -0.4 is 10.6 Å². The summed E-state index contributed by atoms with van der Waals surface area (Å²) in [5, 5.41) is 16.9. The number of carbonyl (C=O) groups excluding carboxylic acids is 1. The first-order valence-corrected chi connectivity index (χ1v) is 9.63. The first-order chi connectivity index (χ1) is 11.7. The number of hydrogen-bond donors (Lipinski definition) is 3. The molecule has 0 saturated carbocycles. The van der Waals surface area contributed by atoms with Crippen molar-refractivity contribution in [3.8, 4) is 0 Å². The number of amides is 1. The molecule has 0 fully saturated rings. The summed E-state index contributed by atoms with van der Waals surface area (Å²) in [5.74, 6) is -0.652. The fourth-order valence-corrected chi connectivity index (χ4v) is 3.98. The Morgan fingerprint density at radius 1 is 1.24 bits per heavy atom. The molecule has 2 atom stereocenters. The molecule has 0 radical (unpaired) electrons. The minimum absolute atomic E-state index is 0.144. The van der Waals surface area contributed by atoms with Gasteiger partial charge in [0.25, 0.3) is 5.91 Å². The van der Waals surface area contributed by atoms with Crippen molar-refractivity contribution < 1.29 is 18.3 Å². The normalized spacial score (nSPS) is 24.3. The maximum Gasteiger partial charge on any atom is 0.252 e. The van der Waals surface area contributed by atoms with Crippen LogP contribution in [0.2, 0.25) is 0 Å². The van der Waals surface area contributed by atoms with Crippen LogP contribution in [0.5, 0.6) is 0 Å². The second kappa shape index (κ2) is 6.50. The van der Waals surface area contributed by atoms with Gasteiger partial charge in [-0.2, -0.15) is 0 Å². The molecule has 2 aliphatic heterocycles. The molecule has 2 heterocycles. The van der Waals surface area contributed by atoms with E-state index in [0.29, 0.717) is 0 Å². The summed E-state index contributed by atoms with van der Waals surface area (Å²) in [6, 6.07) is 5.38. The van der Waals surface area contributed by atoms with Crippen molar-refractivity contribution >= 4 is 21.4 Å². The molecule has 7 heteroatoms. The third kappa shape index (κ3) is 3.83. The van der Waals surface area contributed by atoms with Crippen LogP contribution in [0.1, 0.15) is 16.7 Å². The Hall–Kier alpha value is -2.38. The van der Waals surface area contributed by atoms with Crippen molar-refractivity contribution in [2.24, 2.45) is 0 Å². The number of sulfone groups is 1. The van der Waals surface area contributed by atoms with E-state index in [1.54, 1.807) is 12.2 Å². The van der Waals surface area contributed by atoms with E-state index in [1.807, 2.05) is 32.0 Å².